The average Bonchev–Trinajstić information content (AvgIpc) is 2.48. The highest BCUT2D eigenvalue weighted by atomic mass is 35.5. The summed E-state index contributed by atoms with van der Waals surface area (Å²) in [7, 11) is -3.73. The van der Waals surface area contributed by atoms with E-state index in [1.807, 2.05) is 11.0 Å². The van der Waals surface area contributed by atoms with E-state index in [0.29, 0.717) is 32.7 Å². The molecule has 8 heteroatoms. The molecule has 0 spiro atoms. The third-order valence-electron chi connectivity index (χ3n) is 3.43. The number of β-amino-alcohol motifs (C(OH)–C–C–N with tert-alkyl or cyclic N) is 1. The van der Waals surface area contributed by atoms with Gasteiger partial charge in [-0.05, 0) is 18.2 Å². The van der Waals surface area contributed by atoms with Crippen LogP contribution in [-0.4, -0.2) is 62.1 Å². The van der Waals surface area contributed by atoms with Gasteiger partial charge in [0.05, 0.1) is 12.2 Å². The molecule has 0 unspecified atom stereocenters. The zero-order chi connectivity index (χ0) is 15.5. The number of nitrogens with zero attached hydrogens (tertiary/aromatic N) is 3. The summed E-state index contributed by atoms with van der Waals surface area (Å²) in [4.78, 5) is 1.95. The first kappa shape index (κ1) is 16.2. The van der Waals surface area contributed by atoms with Gasteiger partial charge in [-0.1, -0.05) is 11.6 Å². The highest BCUT2D eigenvalue weighted by Gasteiger charge is 2.30. The van der Waals surface area contributed by atoms with Crippen LogP contribution in [-0.2, 0) is 10.0 Å². The second-order valence-corrected chi connectivity index (χ2v) is 7.06. The summed E-state index contributed by atoms with van der Waals surface area (Å²) in [6.07, 6.45) is 0. The summed E-state index contributed by atoms with van der Waals surface area (Å²) in [6.45, 7) is 2.37. The lowest BCUT2D eigenvalue weighted by molar-refractivity contribution is 0.151. The van der Waals surface area contributed by atoms with Crippen LogP contribution in [0.15, 0.2) is 23.1 Å². The number of hydrogen-bond acceptors (Lipinski definition) is 5. The van der Waals surface area contributed by atoms with Gasteiger partial charge in [-0.25, -0.2) is 8.42 Å². The van der Waals surface area contributed by atoms with Gasteiger partial charge in [0, 0.05) is 37.7 Å². The monoisotopic (exact) mass is 329 g/mol. The zero-order valence-corrected chi connectivity index (χ0v) is 12.9. The number of halogens is 1. The number of piperazine rings is 1. The maximum absolute atomic E-state index is 12.6. The molecule has 0 bridgehead atoms. The van der Waals surface area contributed by atoms with E-state index in [0.717, 1.165) is 0 Å². The number of aliphatic hydroxyl groups is 1. The van der Waals surface area contributed by atoms with Gasteiger partial charge in [0.25, 0.3) is 0 Å². The molecule has 0 atom stereocenters. The molecule has 2 rings (SSSR count). The van der Waals surface area contributed by atoms with Crippen molar-refractivity contribution in [2.45, 2.75) is 4.90 Å². The Labute approximate surface area is 129 Å². The quantitative estimate of drug-likeness (QED) is 0.870. The lowest BCUT2D eigenvalue weighted by Crippen LogP contribution is -2.49. The van der Waals surface area contributed by atoms with Crippen molar-refractivity contribution in [1.82, 2.24) is 9.21 Å². The average molecular weight is 330 g/mol. The predicted molar refractivity (Wildman–Crippen MR) is 78.5 cm³/mol. The van der Waals surface area contributed by atoms with Crippen molar-refractivity contribution in [3.63, 3.8) is 0 Å². The normalized spacial score (nSPS) is 17.6. The zero-order valence-electron chi connectivity index (χ0n) is 11.4. The molecule has 21 heavy (non-hydrogen) atoms. The van der Waals surface area contributed by atoms with Crippen molar-refractivity contribution in [1.29, 1.82) is 5.26 Å². The summed E-state index contributed by atoms with van der Waals surface area (Å²) in [6, 6.07) is 6.12. The molecule has 0 saturated carbocycles. The van der Waals surface area contributed by atoms with E-state index in [2.05, 4.69) is 0 Å². The molecule has 114 valence electrons. The second kappa shape index (κ2) is 6.73. The smallest absolute Gasteiger partial charge is 0.244 e. The fourth-order valence-electron chi connectivity index (χ4n) is 2.28. The van der Waals surface area contributed by atoms with Crippen molar-refractivity contribution in [2.75, 3.05) is 39.3 Å². The van der Waals surface area contributed by atoms with E-state index < -0.39 is 10.0 Å². The molecule has 1 heterocycles. The maximum atomic E-state index is 12.6. The van der Waals surface area contributed by atoms with Crippen molar-refractivity contribution in [2.24, 2.45) is 0 Å². The molecule has 0 aliphatic carbocycles. The number of nitriles is 1. The van der Waals surface area contributed by atoms with E-state index >= 15 is 0 Å². The summed E-state index contributed by atoms with van der Waals surface area (Å²) in [5.74, 6) is 0. The first-order valence-corrected chi connectivity index (χ1v) is 8.34. The van der Waals surface area contributed by atoms with Gasteiger partial charge in [-0.15, -0.1) is 0 Å². The lowest BCUT2D eigenvalue weighted by Gasteiger charge is -2.33. The molecule has 1 aromatic rings. The van der Waals surface area contributed by atoms with Crippen LogP contribution >= 0.6 is 11.6 Å². The molecular weight excluding hydrogens is 314 g/mol. The van der Waals surface area contributed by atoms with Crippen molar-refractivity contribution >= 4 is 21.6 Å². The van der Waals surface area contributed by atoms with E-state index in [9.17, 15) is 8.42 Å². The number of rotatable bonds is 4. The van der Waals surface area contributed by atoms with Crippen LogP contribution in [0.2, 0.25) is 5.02 Å². The van der Waals surface area contributed by atoms with E-state index in [-0.39, 0.29) is 22.1 Å². The molecule has 6 nitrogen and oxygen atoms in total. The van der Waals surface area contributed by atoms with Gasteiger partial charge < -0.3 is 5.11 Å². The SMILES string of the molecule is N#Cc1ccc(Cl)cc1S(=O)(=O)N1CCN(CCO)CC1. The largest absolute Gasteiger partial charge is 0.395 e. The third kappa shape index (κ3) is 3.54. The standard InChI is InChI=1S/C13H16ClN3O3S/c14-12-2-1-11(10-15)13(9-12)21(19,20)17-5-3-16(4-6-17)7-8-18/h1-2,9,18H,3-8H2. The lowest BCUT2D eigenvalue weighted by atomic mass is 10.2. The fraction of sp³-hybridized carbons (Fsp3) is 0.462. The molecule has 1 aromatic carbocycles. The number of aliphatic hydroxyl groups excluding tert-OH is 1. The number of benzene rings is 1. The predicted octanol–water partition coefficient (Wildman–Crippen LogP) is 0.510. The van der Waals surface area contributed by atoms with Gasteiger partial charge in [-0.2, -0.15) is 9.57 Å². The van der Waals surface area contributed by atoms with Crippen LogP contribution in [0.1, 0.15) is 5.56 Å². The topological polar surface area (TPSA) is 84.6 Å². The Hall–Kier alpha value is -1.17. The van der Waals surface area contributed by atoms with Crippen LogP contribution < -0.4 is 0 Å². The van der Waals surface area contributed by atoms with E-state index in [1.165, 1.54) is 22.5 Å². The Morgan fingerprint density at radius 2 is 1.95 bits per heavy atom. The van der Waals surface area contributed by atoms with E-state index in [1.54, 1.807) is 0 Å². The minimum Gasteiger partial charge on any atom is -0.395 e. The van der Waals surface area contributed by atoms with Gasteiger partial charge in [0.2, 0.25) is 10.0 Å². The molecule has 1 aliphatic rings. The highest BCUT2D eigenvalue weighted by Crippen LogP contribution is 2.24. The summed E-state index contributed by atoms with van der Waals surface area (Å²) >= 11 is 5.85. The van der Waals surface area contributed by atoms with Crippen LogP contribution in [0.3, 0.4) is 0 Å². The minimum absolute atomic E-state index is 0.0480. The van der Waals surface area contributed by atoms with E-state index in [4.69, 9.17) is 22.0 Å². The molecule has 0 radical (unpaired) electrons. The van der Waals surface area contributed by atoms with Crippen LogP contribution in [0.25, 0.3) is 0 Å². The summed E-state index contributed by atoms with van der Waals surface area (Å²) in [5.41, 5.74) is 0.0946. The third-order valence-corrected chi connectivity index (χ3v) is 5.60. The highest BCUT2D eigenvalue weighted by molar-refractivity contribution is 7.89. The molecule has 1 N–H and O–H groups in total. The number of sulfonamides is 1. The molecule has 0 aromatic heterocycles. The Balaban J connectivity index is 2.24. The molecule has 1 fully saturated rings. The fourth-order valence-corrected chi connectivity index (χ4v) is 4.10. The summed E-state index contributed by atoms with van der Waals surface area (Å²) < 4.78 is 26.6. The van der Waals surface area contributed by atoms with Crippen molar-refractivity contribution in [3.05, 3.63) is 28.8 Å². The molecule has 0 amide bonds. The van der Waals surface area contributed by atoms with Gasteiger partial charge >= 0.3 is 0 Å². The van der Waals surface area contributed by atoms with Gasteiger partial charge in [0.15, 0.2) is 0 Å². The van der Waals surface area contributed by atoms with Crippen LogP contribution in [0.5, 0.6) is 0 Å². The van der Waals surface area contributed by atoms with Crippen molar-refractivity contribution < 1.29 is 13.5 Å². The van der Waals surface area contributed by atoms with Crippen LogP contribution in [0, 0.1) is 11.3 Å². The van der Waals surface area contributed by atoms with Gasteiger partial charge in [-0.3, -0.25) is 4.90 Å². The first-order valence-electron chi connectivity index (χ1n) is 6.52. The first-order chi connectivity index (χ1) is 9.98. The number of hydrogen-bond donors (Lipinski definition) is 1. The Bertz CT molecular complexity index is 649. The van der Waals surface area contributed by atoms with Crippen LogP contribution in [0.4, 0.5) is 0 Å². The Kier molecular flexibility index (Phi) is 5.19. The van der Waals surface area contributed by atoms with Crippen molar-refractivity contribution in [3.8, 4) is 6.07 Å². The second-order valence-electron chi connectivity index (χ2n) is 4.72. The molecule has 1 aliphatic heterocycles. The molecular formula is C13H16ClN3O3S. The minimum atomic E-state index is -3.73. The Morgan fingerprint density at radius 1 is 1.29 bits per heavy atom. The Morgan fingerprint density at radius 3 is 2.52 bits per heavy atom. The summed E-state index contributed by atoms with van der Waals surface area (Å²) in [5, 5.41) is 18.3. The molecule has 1 saturated heterocycles. The maximum Gasteiger partial charge on any atom is 0.244 e. The van der Waals surface area contributed by atoms with Gasteiger partial charge in [0.1, 0.15) is 11.0 Å².